The van der Waals surface area contributed by atoms with Crippen LogP contribution in [0.1, 0.15) is 18.4 Å². The van der Waals surface area contributed by atoms with Crippen molar-refractivity contribution in [3.8, 4) is 5.75 Å². The number of hydrogen-bond donors (Lipinski definition) is 2. The van der Waals surface area contributed by atoms with Gasteiger partial charge in [-0.2, -0.15) is 5.10 Å². The van der Waals surface area contributed by atoms with E-state index in [1.807, 2.05) is 18.3 Å². The number of aliphatic hydroxyl groups is 1. The Morgan fingerprint density at radius 3 is 2.86 bits per heavy atom. The Bertz CT molecular complexity index is 1060. The van der Waals surface area contributed by atoms with E-state index in [1.54, 1.807) is 16.9 Å². The van der Waals surface area contributed by atoms with E-state index in [4.69, 9.17) is 14.4 Å². The maximum Gasteiger partial charge on any atom is 0.234 e. The first kappa shape index (κ1) is 18.8. The number of nitrogens with one attached hydrogen (secondary N) is 1. The minimum absolute atomic E-state index is 0.00243. The number of ether oxygens (including phenoxy) is 1. The molecule has 0 aliphatic heterocycles. The summed E-state index contributed by atoms with van der Waals surface area (Å²) in [4.78, 5) is 0. The summed E-state index contributed by atoms with van der Waals surface area (Å²) in [5.41, 5.74) is 1.33. The summed E-state index contributed by atoms with van der Waals surface area (Å²) in [6.45, 7) is 0.630. The number of sulfonamides is 1. The molecule has 0 spiro atoms. The molecule has 1 aromatic carbocycles. The zero-order chi connectivity index (χ0) is 19.7. The van der Waals surface area contributed by atoms with Crippen molar-refractivity contribution in [3.63, 3.8) is 0 Å². The quantitative estimate of drug-likeness (QED) is 0.586. The summed E-state index contributed by atoms with van der Waals surface area (Å²) in [5, 5.41) is 17.6. The van der Waals surface area contributed by atoms with Crippen LogP contribution in [-0.2, 0) is 16.6 Å². The fourth-order valence-corrected chi connectivity index (χ4v) is 5.06. The first-order valence-electron chi connectivity index (χ1n) is 9.02. The molecule has 2 aromatic heterocycles. The number of fused-ring (bicyclic) bond motifs is 1. The maximum absolute atomic E-state index is 12.5. The van der Waals surface area contributed by atoms with Crippen molar-refractivity contribution in [2.75, 3.05) is 24.2 Å². The number of benzene rings is 1. The molecule has 0 bridgehead atoms. The molecule has 1 aliphatic rings. The Balaban J connectivity index is 1.56. The average molecular weight is 406 g/mol. The molecule has 1 saturated carbocycles. The van der Waals surface area contributed by atoms with Crippen LogP contribution in [0.4, 0.5) is 5.82 Å². The minimum atomic E-state index is -3.59. The fourth-order valence-electron chi connectivity index (χ4n) is 3.65. The third-order valence-corrected chi connectivity index (χ3v) is 6.43. The van der Waals surface area contributed by atoms with Gasteiger partial charge in [0.05, 0.1) is 19.4 Å². The van der Waals surface area contributed by atoms with E-state index >= 15 is 0 Å². The van der Waals surface area contributed by atoms with E-state index in [9.17, 15) is 8.42 Å². The second kappa shape index (κ2) is 7.44. The van der Waals surface area contributed by atoms with Gasteiger partial charge in [-0.3, -0.25) is 9.40 Å². The van der Waals surface area contributed by atoms with Crippen LogP contribution < -0.4 is 9.46 Å². The summed E-state index contributed by atoms with van der Waals surface area (Å²) >= 11 is 0. The van der Waals surface area contributed by atoms with Crippen LogP contribution in [0.3, 0.4) is 0 Å². The molecule has 4 rings (SSSR count). The monoisotopic (exact) mass is 406 g/mol. The van der Waals surface area contributed by atoms with Crippen LogP contribution in [0.15, 0.2) is 35.1 Å². The largest absolute Gasteiger partial charge is 0.496 e. The minimum Gasteiger partial charge on any atom is -0.496 e. The summed E-state index contributed by atoms with van der Waals surface area (Å²) in [6.07, 6.45) is 4.98. The van der Waals surface area contributed by atoms with Gasteiger partial charge in [-0.15, -0.1) is 0 Å². The summed E-state index contributed by atoms with van der Waals surface area (Å²) in [6, 6.07) is 5.45. The van der Waals surface area contributed by atoms with E-state index < -0.39 is 10.0 Å². The van der Waals surface area contributed by atoms with Gasteiger partial charge >= 0.3 is 0 Å². The number of methoxy groups -OCH3 is 1. The van der Waals surface area contributed by atoms with Crippen LogP contribution in [0.25, 0.3) is 11.0 Å². The normalized spacial score (nSPS) is 19.5. The molecule has 0 amide bonds. The van der Waals surface area contributed by atoms with Gasteiger partial charge in [0.15, 0.2) is 11.4 Å². The number of aliphatic hydroxyl groups excluding tert-OH is 1. The van der Waals surface area contributed by atoms with E-state index in [-0.39, 0.29) is 30.0 Å². The van der Waals surface area contributed by atoms with Crippen LogP contribution in [-0.4, -0.2) is 47.9 Å². The van der Waals surface area contributed by atoms with Gasteiger partial charge in [-0.1, -0.05) is 5.16 Å². The van der Waals surface area contributed by atoms with E-state index in [2.05, 4.69) is 15.0 Å². The van der Waals surface area contributed by atoms with E-state index in [1.165, 1.54) is 7.11 Å². The van der Waals surface area contributed by atoms with Crippen molar-refractivity contribution in [2.45, 2.75) is 19.4 Å². The standard InChI is InChI=1S/C18H22N4O5S/c1-26-15-7-12(9-22-4-2-3-19-22)8-16-17(15)18(20-27-16)21-28(24,25)11-14-5-13(6-14)10-23/h2-4,7-8,13-14,23H,5-6,9-11H2,1H3,(H,20,21). The Kier molecular flexibility index (Phi) is 4.98. The van der Waals surface area contributed by atoms with Gasteiger partial charge in [0.1, 0.15) is 11.1 Å². The second-order valence-corrected chi connectivity index (χ2v) is 8.94. The van der Waals surface area contributed by atoms with E-state index in [0.717, 1.165) is 18.4 Å². The van der Waals surface area contributed by atoms with Gasteiger partial charge in [-0.05, 0) is 48.4 Å². The van der Waals surface area contributed by atoms with Gasteiger partial charge in [0.2, 0.25) is 10.0 Å². The molecule has 0 atom stereocenters. The second-order valence-electron chi connectivity index (χ2n) is 7.18. The molecule has 150 valence electrons. The lowest BCUT2D eigenvalue weighted by atomic mass is 9.77. The summed E-state index contributed by atoms with van der Waals surface area (Å²) < 4.78 is 40.1. The number of rotatable bonds is 8. The highest BCUT2D eigenvalue weighted by Gasteiger charge is 2.33. The molecule has 2 heterocycles. The van der Waals surface area contributed by atoms with Crippen molar-refractivity contribution in [2.24, 2.45) is 11.8 Å². The highest BCUT2D eigenvalue weighted by Crippen LogP contribution is 2.36. The SMILES string of the molecule is COc1cc(Cn2cccn2)cc2onc(NS(=O)(=O)CC3CC(CO)C3)c12. The third kappa shape index (κ3) is 3.83. The highest BCUT2D eigenvalue weighted by atomic mass is 32.2. The van der Waals surface area contributed by atoms with Crippen LogP contribution >= 0.6 is 0 Å². The number of aromatic nitrogens is 3. The van der Waals surface area contributed by atoms with Crippen LogP contribution in [0, 0.1) is 11.8 Å². The average Bonchev–Trinajstić information content (AvgIpc) is 3.27. The molecule has 2 N–H and O–H groups in total. The van der Waals surface area contributed by atoms with Crippen molar-refractivity contribution in [1.82, 2.24) is 14.9 Å². The van der Waals surface area contributed by atoms with Crippen molar-refractivity contribution in [1.29, 1.82) is 0 Å². The Hall–Kier alpha value is -2.59. The molecule has 10 heteroatoms. The molecule has 0 unspecified atom stereocenters. The third-order valence-electron chi connectivity index (χ3n) is 5.02. The predicted octanol–water partition coefficient (Wildman–Crippen LogP) is 1.84. The Labute approximate surface area is 162 Å². The molecule has 1 fully saturated rings. The summed E-state index contributed by atoms with van der Waals surface area (Å²) in [5.74, 6) is 0.854. The van der Waals surface area contributed by atoms with Gasteiger partial charge in [0.25, 0.3) is 0 Å². The zero-order valence-corrected chi connectivity index (χ0v) is 16.2. The number of anilines is 1. The molecular formula is C18H22N4O5S. The molecule has 0 radical (unpaired) electrons. The van der Waals surface area contributed by atoms with Crippen LogP contribution in [0.5, 0.6) is 5.75 Å². The molecule has 1 aliphatic carbocycles. The Morgan fingerprint density at radius 1 is 1.36 bits per heavy atom. The number of nitrogens with zero attached hydrogens (tertiary/aromatic N) is 3. The van der Waals surface area contributed by atoms with Gasteiger partial charge in [0, 0.05) is 19.0 Å². The van der Waals surface area contributed by atoms with Crippen LogP contribution in [0.2, 0.25) is 0 Å². The molecule has 9 nitrogen and oxygen atoms in total. The highest BCUT2D eigenvalue weighted by molar-refractivity contribution is 7.92. The maximum atomic E-state index is 12.5. The van der Waals surface area contributed by atoms with Gasteiger partial charge in [-0.25, -0.2) is 8.42 Å². The van der Waals surface area contributed by atoms with Crippen molar-refractivity contribution in [3.05, 3.63) is 36.2 Å². The molecular weight excluding hydrogens is 384 g/mol. The number of hydrogen-bond acceptors (Lipinski definition) is 7. The van der Waals surface area contributed by atoms with Crippen molar-refractivity contribution < 1.29 is 22.8 Å². The lowest BCUT2D eigenvalue weighted by Crippen LogP contribution is -2.33. The lowest BCUT2D eigenvalue weighted by Gasteiger charge is -2.33. The van der Waals surface area contributed by atoms with E-state index in [0.29, 0.717) is 23.3 Å². The predicted molar refractivity (Wildman–Crippen MR) is 103 cm³/mol. The molecule has 0 saturated heterocycles. The summed E-state index contributed by atoms with van der Waals surface area (Å²) in [7, 11) is -2.07. The van der Waals surface area contributed by atoms with Gasteiger partial charge < -0.3 is 14.4 Å². The zero-order valence-electron chi connectivity index (χ0n) is 15.4. The first-order valence-corrected chi connectivity index (χ1v) is 10.7. The smallest absolute Gasteiger partial charge is 0.234 e. The lowest BCUT2D eigenvalue weighted by molar-refractivity contribution is 0.118. The molecule has 3 aromatic rings. The Morgan fingerprint density at radius 2 is 2.18 bits per heavy atom. The fraction of sp³-hybridized carbons (Fsp3) is 0.444. The molecule has 28 heavy (non-hydrogen) atoms. The topological polar surface area (TPSA) is 119 Å². The van der Waals surface area contributed by atoms with Crippen molar-refractivity contribution >= 4 is 26.8 Å². The first-order chi connectivity index (χ1) is 13.5.